The third-order valence-electron chi connectivity index (χ3n) is 6.17. The molecule has 1 atom stereocenters. The fourth-order valence-electron chi connectivity index (χ4n) is 4.28. The molecule has 1 aromatic carbocycles. The third-order valence-corrected chi connectivity index (χ3v) is 6.43. The first-order valence-corrected chi connectivity index (χ1v) is 11.9. The summed E-state index contributed by atoms with van der Waals surface area (Å²) >= 11 is 6.06. The molecule has 178 valence electrons. The first-order chi connectivity index (χ1) is 16.0. The van der Waals surface area contributed by atoms with Crippen LogP contribution in [0.1, 0.15) is 37.3 Å². The molecule has 33 heavy (non-hydrogen) atoms. The molecule has 0 bridgehead atoms. The predicted molar refractivity (Wildman–Crippen MR) is 132 cm³/mol. The Morgan fingerprint density at radius 1 is 1.27 bits per heavy atom. The standard InChI is InChI=1S/C27H33ClF2N2O/c1-3-6-26(20(2)29)33-18-17-32-15-13-21(14-16-32)19-31-27(22-9-11-23(28)12-10-22)24-7-4-5-8-25(24)30/h3-4,6-7,9-12,21,27,31H,1-2,5,8,13-19H2/b26-6+. The molecule has 1 fully saturated rings. The molecule has 3 rings (SSSR count). The van der Waals surface area contributed by atoms with Gasteiger partial charge in [-0.2, -0.15) is 0 Å². The summed E-state index contributed by atoms with van der Waals surface area (Å²) in [5, 5.41) is 4.29. The summed E-state index contributed by atoms with van der Waals surface area (Å²) in [6, 6.07) is 7.45. The fourth-order valence-corrected chi connectivity index (χ4v) is 4.40. The Hall–Kier alpha value is -2.21. The maximum absolute atomic E-state index is 14.7. The minimum Gasteiger partial charge on any atom is -0.489 e. The summed E-state index contributed by atoms with van der Waals surface area (Å²) in [4.78, 5) is 2.33. The highest BCUT2D eigenvalue weighted by atomic mass is 35.5. The van der Waals surface area contributed by atoms with Gasteiger partial charge in [0.25, 0.3) is 0 Å². The minimum absolute atomic E-state index is 0.0411. The van der Waals surface area contributed by atoms with Crippen LogP contribution in [0.3, 0.4) is 0 Å². The SMILES string of the molecule is C=C/C=C(/OCCN1CCC(CNC(C2=C(F)CCC=C2)c2ccc(Cl)cc2)CC1)C(=C)F. The predicted octanol–water partition coefficient (Wildman–Crippen LogP) is 6.83. The van der Waals surface area contributed by atoms with Gasteiger partial charge in [0.05, 0.1) is 6.04 Å². The van der Waals surface area contributed by atoms with Crippen molar-refractivity contribution in [3.05, 3.63) is 95.3 Å². The van der Waals surface area contributed by atoms with Gasteiger partial charge >= 0.3 is 0 Å². The molecular formula is C27H33ClF2N2O. The Morgan fingerprint density at radius 3 is 2.64 bits per heavy atom. The van der Waals surface area contributed by atoms with Crippen molar-refractivity contribution in [3.8, 4) is 0 Å². The zero-order chi connectivity index (χ0) is 23.6. The molecule has 1 aromatic rings. The van der Waals surface area contributed by atoms with Gasteiger partial charge in [0.2, 0.25) is 0 Å². The van der Waals surface area contributed by atoms with Gasteiger partial charge in [-0.3, -0.25) is 4.90 Å². The summed E-state index contributed by atoms with van der Waals surface area (Å²) in [5.41, 5.74) is 1.74. The number of hydrogen-bond donors (Lipinski definition) is 1. The van der Waals surface area contributed by atoms with Crippen molar-refractivity contribution < 1.29 is 13.5 Å². The van der Waals surface area contributed by atoms with E-state index < -0.39 is 5.83 Å². The van der Waals surface area contributed by atoms with Gasteiger partial charge in [-0.15, -0.1) is 0 Å². The van der Waals surface area contributed by atoms with Gasteiger partial charge < -0.3 is 10.1 Å². The Morgan fingerprint density at radius 2 is 2.00 bits per heavy atom. The third kappa shape index (κ3) is 7.66. The monoisotopic (exact) mass is 474 g/mol. The summed E-state index contributed by atoms with van der Waals surface area (Å²) in [6.07, 6.45) is 10.2. The van der Waals surface area contributed by atoms with Gasteiger partial charge in [0.1, 0.15) is 12.4 Å². The van der Waals surface area contributed by atoms with E-state index in [4.69, 9.17) is 16.3 Å². The van der Waals surface area contributed by atoms with Crippen molar-refractivity contribution in [2.45, 2.75) is 31.7 Å². The highest BCUT2D eigenvalue weighted by Gasteiger charge is 2.24. The van der Waals surface area contributed by atoms with E-state index in [9.17, 15) is 8.78 Å². The molecule has 0 aromatic heterocycles. The molecule has 1 aliphatic carbocycles. The van der Waals surface area contributed by atoms with E-state index >= 15 is 0 Å². The Labute approximate surface area is 201 Å². The largest absolute Gasteiger partial charge is 0.489 e. The maximum Gasteiger partial charge on any atom is 0.157 e. The number of likely N-dealkylation sites (tertiary alicyclic amines) is 1. The number of halogens is 3. The van der Waals surface area contributed by atoms with Crippen LogP contribution < -0.4 is 5.32 Å². The highest BCUT2D eigenvalue weighted by Crippen LogP contribution is 2.32. The van der Waals surface area contributed by atoms with Crippen LogP contribution in [0.4, 0.5) is 8.78 Å². The number of nitrogens with zero attached hydrogens (tertiary/aromatic N) is 1. The first kappa shape index (κ1) is 25.4. The zero-order valence-electron chi connectivity index (χ0n) is 19.0. The molecule has 1 saturated heterocycles. The lowest BCUT2D eigenvalue weighted by atomic mass is 9.91. The summed E-state index contributed by atoms with van der Waals surface area (Å²) in [7, 11) is 0. The average molecular weight is 475 g/mol. The van der Waals surface area contributed by atoms with Crippen LogP contribution >= 0.6 is 11.6 Å². The van der Waals surface area contributed by atoms with Crippen molar-refractivity contribution >= 4 is 11.6 Å². The number of allylic oxidation sites excluding steroid dienone is 5. The van der Waals surface area contributed by atoms with Gasteiger partial charge in [-0.05, 0) is 68.6 Å². The number of piperidine rings is 1. The Balaban J connectivity index is 1.51. The summed E-state index contributed by atoms with van der Waals surface area (Å²) < 4.78 is 33.5. The molecule has 1 unspecified atom stereocenters. The molecule has 0 amide bonds. The summed E-state index contributed by atoms with van der Waals surface area (Å²) in [6.45, 7) is 10.7. The Kier molecular flexibility index (Phi) is 9.92. The second-order valence-electron chi connectivity index (χ2n) is 8.50. The van der Waals surface area contributed by atoms with E-state index in [-0.39, 0.29) is 17.6 Å². The quantitative estimate of drug-likeness (QED) is 0.281. The molecule has 3 nitrogen and oxygen atoms in total. The van der Waals surface area contributed by atoms with E-state index in [0.29, 0.717) is 24.0 Å². The van der Waals surface area contributed by atoms with E-state index in [1.807, 2.05) is 36.4 Å². The van der Waals surface area contributed by atoms with Crippen molar-refractivity contribution in [1.29, 1.82) is 0 Å². The molecule has 1 N–H and O–H groups in total. The van der Waals surface area contributed by atoms with Crippen molar-refractivity contribution in [3.63, 3.8) is 0 Å². The van der Waals surface area contributed by atoms with Crippen LogP contribution in [-0.4, -0.2) is 37.7 Å². The molecule has 1 aliphatic heterocycles. The normalized spacial score (nSPS) is 18.9. The van der Waals surface area contributed by atoms with Crippen LogP contribution in [0.2, 0.25) is 5.02 Å². The van der Waals surface area contributed by atoms with Gasteiger partial charge in [-0.1, -0.05) is 55.1 Å². The number of nitrogens with one attached hydrogen (secondary N) is 1. The summed E-state index contributed by atoms with van der Waals surface area (Å²) in [5.74, 6) is 0.0144. The van der Waals surface area contributed by atoms with Crippen molar-refractivity contribution in [1.82, 2.24) is 10.2 Å². The molecule has 6 heteroatoms. The number of rotatable bonds is 11. The van der Waals surface area contributed by atoms with Crippen molar-refractivity contribution in [2.75, 3.05) is 32.8 Å². The Bertz CT molecular complexity index is 899. The van der Waals surface area contributed by atoms with Gasteiger partial charge in [-0.25, -0.2) is 8.78 Å². The van der Waals surface area contributed by atoms with Crippen LogP contribution in [0.5, 0.6) is 0 Å². The molecule has 0 spiro atoms. The fraction of sp³-hybridized carbons (Fsp3) is 0.407. The molecular weight excluding hydrogens is 442 g/mol. The van der Waals surface area contributed by atoms with Crippen LogP contribution in [0.15, 0.2) is 84.7 Å². The zero-order valence-corrected chi connectivity index (χ0v) is 19.8. The van der Waals surface area contributed by atoms with Crippen molar-refractivity contribution in [2.24, 2.45) is 5.92 Å². The lowest BCUT2D eigenvalue weighted by Gasteiger charge is -2.33. The lowest BCUT2D eigenvalue weighted by Crippen LogP contribution is -2.39. The topological polar surface area (TPSA) is 24.5 Å². The molecule has 1 heterocycles. The van der Waals surface area contributed by atoms with Gasteiger partial charge in [0.15, 0.2) is 11.6 Å². The smallest absolute Gasteiger partial charge is 0.157 e. The van der Waals surface area contributed by atoms with Crippen LogP contribution in [0, 0.1) is 5.92 Å². The van der Waals surface area contributed by atoms with Crippen LogP contribution in [-0.2, 0) is 4.74 Å². The molecule has 0 radical (unpaired) electrons. The molecule has 2 aliphatic rings. The number of ether oxygens (including phenoxy) is 1. The lowest BCUT2D eigenvalue weighted by molar-refractivity contribution is 0.125. The first-order valence-electron chi connectivity index (χ1n) is 11.5. The second-order valence-corrected chi connectivity index (χ2v) is 8.94. The van der Waals surface area contributed by atoms with Crippen LogP contribution in [0.25, 0.3) is 0 Å². The minimum atomic E-state index is -0.589. The van der Waals surface area contributed by atoms with E-state index in [2.05, 4.69) is 23.4 Å². The number of benzene rings is 1. The van der Waals surface area contributed by atoms with E-state index in [1.54, 1.807) is 0 Å². The average Bonchev–Trinajstić information content (AvgIpc) is 2.81. The highest BCUT2D eigenvalue weighted by molar-refractivity contribution is 6.30. The van der Waals surface area contributed by atoms with E-state index in [1.165, 1.54) is 12.2 Å². The van der Waals surface area contributed by atoms with E-state index in [0.717, 1.165) is 56.6 Å². The molecule has 0 saturated carbocycles. The number of hydrogen-bond acceptors (Lipinski definition) is 3. The second kappa shape index (κ2) is 12.9. The maximum atomic E-state index is 14.7. The van der Waals surface area contributed by atoms with Gasteiger partial charge in [0, 0.05) is 23.6 Å².